The van der Waals surface area contributed by atoms with Gasteiger partial charge in [0, 0.05) is 25.4 Å². The number of aromatic nitrogens is 2. The van der Waals surface area contributed by atoms with Crippen LogP contribution < -0.4 is 5.32 Å². The molecule has 0 fully saturated rings. The number of hydrogen-bond donors (Lipinski definition) is 3. The summed E-state index contributed by atoms with van der Waals surface area (Å²) in [5.74, 6) is -0.472. The van der Waals surface area contributed by atoms with Gasteiger partial charge < -0.3 is 15.5 Å². The zero-order chi connectivity index (χ0) is 17.9. The molecule has 0 spiro atoms. The molecule has 2 unspecified atom stereocenters. The molecule has 0 radical (unpaired) electrons. The van der Waals surface area contributed by atoms with E-state index < -0.39 is 29.6 Å². The van der Waals surface area contributed by atoms with E-state index in [1.54, 1.807) is 14.0 Å². The highest BCUT2D eigenvalue weighted by molar-refractivity contribution is 5.95. The van der Waals surface area contributed by atoms with Crippen LogP contribution in [0, 0.1) is 17.0 Å². The number of aryl methyl sites for hydroxylation is 2. The molecule has 0 aliphatic carbocycles. The molecule has 0 saturated carbocycles. The number of carbonyl (C=O) groups is 1. The van der Waals surface area contributed by atoms with Gasteiger partial charge in [0.05, 0.1) is 28.8 Å². The molecule has 1 amide bonds. The van der Waals surface area contributed by atoms with E-state index >= 15 is 0 Å². The fourth-order valence-electron chi connectivity index (χ4n) is 2.32. The standard InChI is InChI=1S/C15H18N4O5/c1-9-12(7-18(2)17-9)15(22)16-13(8-20)14(21)10-3-5-11(6-4-10)19(23)24/h3-7,13-14,20-21H,8H2,1-2H3,(H,16,22). The minimum atomic E-state index is -1.21. The number of non-ortho nitro benzene ring substituents is 1. The van der Waals surface area contributed by atoms with Gasteiger partial charge in [-0.3, -0.25) is 19.6 Å². The molecule has 1 aromatic heterocycles. The van der Waals surface area contributed by atoms with Crippen molar-refractivity contribution in [3.63, 3.8) is 0 Å². The molecule has 2 atom stereocenters. The third-order valence-electron chi connectivity index (χ3n) is 3.60. The normalized spacial score (nSPS) is 13.3. The van der Waals surface area contributed by atoms with Gasteiger partial charge in [0.25, 0.3) is 11.6 Å². The molecular formula is C15H18N4O5. The lowest BCUT2D eigenvalue weighted by Gasteiger charge is -2.22. The SMILES string of the molecule is Cc1nn(C)cc1C(=O)NC(CO)C(O)c1ccc([N+](=O)[O-])cc1. The molecule has 0 aliphatic heterocycles. The van der Waals surface area contributed by atoms with Crippen LogP contribution in [0.4, 0.5) is 5.69 Å². The monoisotopic (exact) mass is 334 g/mol. The number of nitro groups is 1. The number of hydrogen-bond acceptors (Lipinski definition) is 6. The predicted octanol–water partition coefficient (Wildman–Crippen LogP) is 0.461. The highest BCUT2D eigenvalue weighted by atomic mass is 16.6. The Morgan fingerprint density at radius 3 is 2.50 bits per heavy atom. The van der Waals surface area contributed by atoms with Crippen molar-refractivity contribution in [1.29, 1.82) is 0 Å². The summed E-state index contributed by atoms with van der Waals surface area (Å²) in [5, 5.41) is 37.0. The Hall–Kier alpha value is -2.78. The van der Waals surface area contributed by atoms with E-state index in [1.165, 1.54) is 35.1 Å². The highest BCUT2D eigenvalue weighted by Crippen LogP contribution is 2.20. The number of nitrogens with one attached hydrogen (secondary N) is 1. The van der Waals surface area contributed by atoms with Crippen molar-refractivity contribution in [3.8, 4) is 0 Å². The Kier molecular flexibility index (Phi) is 5.27. The van der Waals surface area contributed by atoms with Gasteiger partial charge >= 0.3 is 0 Å². The first kappa shape index (κ1) is 17.6. The smallest absolute Gasteiger partial charge is 0.269 e. The van der Waals surface area contributed by atoms with Crippen LogP contribution in [0.25, 0.3) is 0 Å². The van der Waals surface area contributed by atoms with E-state index in [-0.39, 0.29) is 5.69 Å². The molecule has 24 heavy (non-hydrogen) atoms. The first-order valence-electron chi connectivity index (χ1n) is 7.18. The number of aliphatic hydroxyl groups is 2. The quantitative estimate of drug-likeness (QED) is 0.520. The maximum atomic E-state index is 12.3. The summed E-state index contributed by atoms with van der Waals surface area (Å²) in [6.07, 6.45) is 0.328. The lowest BCUT2D eigenvalue weighted by atomic mass is 10.0. The van der Waals surface area contributed by atoms with E-state index in [9.17, 15) is 25.1 Å². The minimum Gasteiger partial charge on any atom is -0.394 e. The fourth-order valence-corrected chi connectivity index (χ4v) is 2.32. The summed E-state index contributed by atoms with van der Waals surface area (Å²) in [4.78, 5) is 22.3. The van der Waals surface area contributed by atoms with Crippen molar-refractivity contribution in [1.82, 2.24) is 15.1 Å². The predicted molar refractivity (Wildman–Crippen MR) is 84.3 cm³/mol. The van der Waals surface area contributed by atoms with Crippen LogP contribution >= 0.6 is 0 Å². The number of carbonyl (C=O) groups excluding carboxylic acids is 1. The average molecular weight is 334 g/mol. The Labute approximate surface area is 137 Å². The highest BCUT2D eigenvalue weighted by Gasteiger charge is 2.24. The van der Waals surface area contributed by atoms with Crippen LogP contribution in [-0.2, 0) is 7.05 Å². The summed E-state index contributed by atoms with van der Waals surface area (Å²) < 4.78 is 1.49. The molecule has 2 rings (SSSR count). The molecular weight excluding hydrogens is 316 g/mol. The number of nitrogens with zero attached hydrogens (tertiary/aromatic N) is 3. The lowest BCUT2D eigenvalue weighted by molar-refractivity contribution is -0.384. The van der Waals surface area contributed by atoms with Gasteiger partial charge in [0.1, 0.15) is 6.10 Å². The van der Waals surface area contributed by atoms with Crippen LogP contribution in [0.5, 0.6) is 0 Å². The molecule has 0 bridgehead atoms. The number of amides is 1. The van der Waals surface area contributed by atoms with Gasteiger partial charge in [-0.05, 0) is 24.6 Å². The second-order valence-corrected chi connectivity index (χ2v) is 5.36. The third kappa shape index (κ3) is 3.76. The van der Waals surface area contributed by atoms with Gasteiger partial charge in [-0.2, -0.15) is 5.10 Å². The van der Waals surface area contributed by atoms with Crippen LogP contribution in [0.1, 0.15) is 27.7 Å². The van der Waals surface area contributed by atoms with Gasteiger partial charge in [0.15, 0.2) is 0 Å². The molecule has 3 N–H and O–H groups in total. The van der Waals surface area contributed by atoms with Crippen molar-refractivity contribution < 1.29 is 19.9 Å². The molecule has 0 saturated heterocycles. The molecule has 0 aliphatic rings. The van der Waals surface area contributed by atoms with E-state index in [4.69, 9.17) is 0 Å². The Balaban J connectivity index is 2.13. The van der Waals surface area contributed by atoms with Crippen molar-refractivity contribution in [2.24, 2.45) is 7.05 Å². The van der Waals surface area contributed by atoms with Crippen LogP contribution in [0.15, 0.2) is 30.5 Å². The maximum absolute atomic E-state index is 12.3. The third-order valence-corrected chi connectivity index (χ3v) is 3.60. The first-order chi connectivity index (χ1) is 11.3. The number of nitro benzene ring substituents is 1. The largest absolute Gasteiger partial charge is 0.394 e. The van der Waals surface area contributed by atoms with Crippen molar-refractivity contribution in [2.75, 3.05) is 6.61 Å². The average Bonchev–Trinajstić information content (AvgIpc) is 2.90. The molecule has 1 aromatic carbocycles. The molecule has 2 aromatic rings. The second kappa shape index (κ2) is 7.20. The Morgan fingerprint density at radius 1 is 1.42 bits per heavy atom. The number of benzene rings is 1. The lowest BCUT2D eigenvalue weighted by Crippen LogP contribution is -2.42. The van der Waals surface area contributed by atoms with Crippen molar-refractivity contribution >= 4 is 11.6 Å². The minimum absolute atomic E-state index is 0.110. The molecule has 128 valence electrons. The van der Waals surface area contributed by atoms with E-state index in [0.717, 1.165) is 0 Å². The van der Waals surface area contributed by atoms with Gasteiger partial charge in [0.2, 0.25) is 0 Å². The van der Waals surface area contributed by atoms with Gasteiger partial charge in [-0.25, -0.2) is 0 Å². The fraction of sp³-hybridized carbons (Fsp3) is 0.333. The zero-order valence-corrected chi connectivity index (χ0v) is 13.2. The summed E-state index contributed by atoms with van der Waals surface area (Å²) >= 11 is 0. The molecule has 9 heteroatoms. The van der Waals surface area contributed by atoms with Crippen molar-refractivity contribution in [3.05, 3.63) is 57.4 Å². The number of rotatable bonds is 6. The van der Waals surface area contributed by atoms with E-state index in [2.05, 4.69) is 10.4 Å². The number of aliphatic hydroxyl groups excluding tert-OH is 2. The summed E-state index contributed by atoms with van der Waals surface area (Å²) in [6.45, 7) is 1.18. The summed E-state index contributed by atoms with van der Waals surface area (Å²) in [5.41, 5.74) is 1.10. The van der Waals surface area contributed by atoms with Crippen LogP contribution in [-0.4, -0.2) is 43.5 Å². The van der Waals surface area contributed by atoms with Crippen molar-refractivity contribution in [2.45, 2.75) is 19.1 Å². The second-order valence-electron chi connectivity index (χ2n) is 5.36. The van der Waals surface area contributed by atoms with Gasteiger partial charge in [-0.1, -0.05) is 0 Å². The zero-order valence-electron chi connectivity index (χ0n) is 13.2. The first-order valence-corrected chi connectivity index (χ1v) is 7.18. The topological polar surface area (TPSA) is 131 Å². The molecule has 9 nitrogen and oxygen atoms in total. The van der Waals surface area contributed by atoms with E-state index in [1.807, 2.05) is 0 Å². The summed E-state index contributed by atoms with van der Waals surface area (Å²) in [6, 6.07) is 4.30. The Morgan fingerprint density at radius 2 is 2.04 bits per heavy atom. The Bertz CT molecular complexity index is 741. The molecule has 1 heterocycles. The summed E-state index contributed by atoms with van der Waals surface area (Å²) in [7, 11) is 1.68. The van der Waals surface area contributed by atoms with Crippen LogP contribution in [0.2, 0.25) is 0 Å². The van der Waals surface area contributed by atoms with Gasteiger partial charge in [-0.15, -0.1) is 0 Å². The van der Waals surface area contributed by atoms with E-state index in [0.29, 0.717) is 16.8 Å². The van der Waals surface area contributed by atoms with Crippen LogP contribution in [0.3, 0.4) is 0 Å². The maximum Gasteiger partial charge on any atom is 0.269 e.